The lowest BCUT2D eigenvalue weighted by Crippen LogP contribution is -2.52. The first-order chi connectivity index (χ1) is 12.4. The molecule has 1 atom stereocenters. The molecular weight excluding hydrogens is 350 g/mol. The van der Waals surface area contributed by atoms with Crippen LogP contribution in [-0.2, 0) is 10.0 Å². The molecule has 1 amide bonds. The second-order valence-corrected chi connectivity index (χ2v) is 9.75. The standard InChI is InChI=1S/C19H29N3O3S/c1-20-13-10-17(11-14-20)21(2)26(24,25)18-9-6-12-22(15-18)19(23)16-7-4-3-5-8-16/h3-5,7-8,17-18H,6,9-15H2,1-2H3. The molecule has 6 nitrogen and oxygen atoms in total. The van der Waals surface area contributed by atoms with Gasteiger partial charge in [-0.15, -0.1) is 0 Å². The van der Waals surface area contributed by atoms with Crippen molar-refractivity contribution in [2.24, 2.45) is 0 Å². The van der Waals surface area contributed by atoms with E-state index in [1.807, 2.05) is 18.2 Å². The lowest BCUT2D eigenvalue weighted by atomic mass is 10.1. The number of rotatable bonds is 4. The van der Waals surface area contributed by atoms with Crippen molar-refractivity contribution in [2.75, 3.05) is 40.3 Å². The van der Waals surface area contributed by atoms with Crippen LogP contribution in [0.4, 0.5) is 0 Å². The minimum absolute atomic E-state index is 0.0661. The number of sulfonamides is 1. The maximum atomic E-state index is 13.1. The summed E-state index contributed by atoms with van der Waals surface area (Å²) < 4.78 is 27.9. The summed E-state index contributed by atoms with van der Waals surface area (Å²) in [6, 6.07) is 9.17. The molecule has 144 valence electrons. The Labute approximate surface area is 156 Å². The van der Waals surface area contributed by atoms with E-state index >= 15 is 0 Å². The maximum absolute atomic E-state index is 13.1. The first-order valence-corrected chi connectivity index (χ1v) is 10.9. The van der Waals surface area contributed by atoms with Crippen LogP contribution in [0.5, 0.6) is 0 Å². The highest BCUT2D eigenvalue weighted by Gasteiger charge is 2.38. The highest BCUT2D eigenvalue weighted by atomic mass is 32.2. The van der Waals surface area contributed by atoms with Crippen LogP contribution < -0.4 is 0 Å². The van der Waals surface area contributed by atoms with E-state index in [-0.39, 0.29) is 18.5 Å². The summed E-state index contributed by atoms with van der Waals surface area (Å²) in [6.45, 7) is 2.76. The molecule has 2 aliphatic rings. The third-order valence-corrected chi connectivity index (χ3v) is 8.04. The third kappa shape index (κ3) is 4.10. The third-order valence-electron chi connectivity index (χ3n) is 5.71. The Hall–Kier alpha value is -1.44. The summed E-state index contributed by atoms with van der Waals surface area (Å²) >= 11 is 0. The first-order valence-electron chi connectivity index (χ1n) is 9.39. The number of likely N-dealkylation sites (tertiary alicyclic amines) is 2. The zero-order chi connectivity index (χ0) is 18.7. The minimum Gasteiger partial charge on any atom is -0.337 e. The molecular formula is C19H29N3O3S. The lowest BCUT2D eigenvalue weighted by Gasteiger charge is -2.39. The number of nitrogens with zero attached hydrogens (tertiary/aromatic N) is 3. The van der Waals surface area contributed by atoms with Crippen LogP contribution in [0.3, 0.4) is 0 Å². The SMILES string of the molecule is CN1CCC(N(C)S(=O)(=O)C2CCCN(C(=O)c3ccccc3)C2)CC1. The van der Waals surface area contributed by atoms with Gasteiger partial charge in [-0.05, 0) is 58.0 Å². The molecule has 0 aromatic heterocycles. The van der Waals surface area contributed by atoms with Crippen molar-refractivity contribution < 1.29 is 13.2 Å². The number of hydrogen-bond acceptors (Lipinski definition) is 4. The van der Waals surface area contributed by atoms with Gasteiger partial charge >= 0.3 is 0 Å². The smallest absolute Gasteiger partial charge is 0.253 e. The van der Waals surface area contributed by atoms with Crippen molar-refractivity contribution in [1.29, 1.82) is 0 Å². The van der Waals surface area contributed by atoms with Crippen LogP contribution in [0.1, 0.15) is 36.0 Å². The van der Waals surface area contributed by atoms with E-state index in [0.717, 1.165) is 32.4 Å². The maximum Gasteiger partial charge on any atom is 0.253 e. The van der Waals surface area contributed by atoms with Crippen LogP contribution in [0.25, 0.3) is 0 Å². The van der Waals surface area contributed by atoms with E-state index in [4.69, 9.17) is 0 Å². The fourth-order valence-electron chi connectivity index (χ4n) is 3.93. The average Bonchev–Trinajstić information content (AvgIpc) is 2.68. The first kappa shape index (κ1) is 19.3. The number of benzene rings is 1. The Morgan fingerprint density at radius 1 is 1.08 bits per heavy atom. The molecule has 2 fully saturated rings. The quantitative estimate of drug-likeness (QED) is 0.798. The van der Waals surface area contributed by atoms with Crippen molar-refractivity contribution in [3.05, 3.63) is 35.9 Å². The molecule has 1 aromatic carbocycles. The van der Waals surface area contributed by atoms with Crippen molar-refractivity contribution in [3.63, 3.8) is 0 Å². The molecule has 2 aliphatic heterocycles. The second kappa shape index (κ2) is 8.06. The van der Waals surface area contributed by atoms with Crippen molar-refractivity contribution >= 4 is 15.9 Å². The highest BCUT2D eigenvalue weighted by Crippen LogP contribution is 2.25. The van der Waals surface area contributed by atoms with E-state index in [1.165, 1.54) is 0 Å². The van der Waals surface area contributed by atoms with Gasteiger partial charge in [0.2, 0.25) is 10.0 Å². The number of amides is 1. The molecule has 0 bridgehead atoms. The van der Waals surface area contributed by atoms with E-state index in [1.54, 1.807) is 28.4 Å². The summed E-state index contributed by atoms with van der Waals surface area (Å²) in [5, 5.41) is -0.506. The van der Waals surface area contributed by atoms with Crippen LogP contribution in [0, 0.1) is 0 Å². The van der Waals surface area contributed by atoms with Gasteiger partial charge in [-0.2, -0.15) is 0 Å². The van der Waals surface area contributed by atoms with Gasteiger partial charge in [0.15, 0.2) is 0 Å². The van der Waals surface area contributed by atoms with Gasteiger partial charge in [0.1, 0.15) is 0 Å². The van der Waals surface area contributed by atoms with Crippen LogP contribution in [-0.4, -0.2) is 80.0 Å². The molecule has 7 heteroatoms. The van der Waals surface area contributed by atoms with Crippen molar-refractivity contribution in [2.45, 2.75) is 37.0 Å². The monoisotopic (exact) mass is 379 g/mol. The van der Waals surface area contributed by atoms with Crippen LogP contribution >= 0.6 is 0 Å². The molecule has 2 heterocycles. The highest BCUT2D eigenvalue weighted by molar-refractivity contribution is 7.89. The summed E-state index contributed by atoms with van der Waals surface area (Å²) in [4.78, 5) is 16.6. The van der Waals surface area contributed by atoms with Gasteiger partial charge in [-0.25, -0.2) is 12.7 Å². The Kier molecular flexibility index (Phi) is 5.99. The number of piperidine rings is 2. The summed E-state index contributed by atoms with van der Waals surface area (Å²) in [5.41, 5.74) is 0.620. The minimum atomic E-state index is -3.41. The van der Waals surface area contributed by atoms with Gasteiger partial charge in [-0.1, -0.05) is 18.2 Å². The van der Waals surface area contributed by atoms with Gasteiger partial charge in [-0.3, -0.25) is 4.79 Å². The molecule has 1 unspecified atom stereocenters. The topological polar surface area (TPSA) is 60.9 Å². The van der Waals surface area contributed by atoms with Gasteiger partial charge < -0.3 is 9.80 Å². The zero-order valence-corrected chi connectivity index (χ0v) is 16.5. The van der Waals surface area contributed by atoms with E-state index in [0.29, 0.717) is 18.5 Å². The largest absolute Gasteiger partial charge is 0.337 e. The molecule has 0 N–H and O–H groups in total. The van der Waals surface area contributed by atoms with Gasteiger partial charge in [0.25, 0.3) is 5.91 Å². The predicted molar refractivity (Wildman–Crippen MR) is 103 cm³/mol. The second-order valence-electron chi connectivity index (χ2n) is 7.48. The molecule has 2 saturated heterocycles. The van der Waals surface area contributed by atoms with Crippen LogP contribution in [0.2, 0.25) is 0 Å². The Morgan fingerprint density at radius 3 is 2.38 bits per heavy atom. The number of carbonyl (C=O) groups excluding carboxylic acids is 1. The van der Waals surface area contributed by atoms with E-state index < -0.39 is 15.3 Å². The fourth-order valence-corrected chi connectivity index (χ4v) is 5.86. The summed E-state index contributed by atoms with van der Waals surface area (Å²) in [6.07, 6.45) is 3.08. The molecule has 26 heavy (non-hydrogen) atoms. The normalized spacial score (nSPS) is 23.3. The lowest BCUT2D eigenvalue weighted by molar-refractivity contribution is 0.0725. The van der Waals surface area contributed by atoms with Gasteiger partial charge in [0.05, 0.1) is 5.25 Å². The van der Waals surface area contributed by atoms with Crippen molar-refractivity contribution in [3.8, 4) is 0 Å². The fraction of sp³-hybridized carbons (Fsp3) is 0.632. The van der Waals surface area contributed by atoms with Gasteiger partial charge in [0, 0.05) is 31.7 Å². The van der Waals surface area contributed by atoms with Crippen LogP contribution in [0.15, 0.2) is 30.3 Å². The Balaban J connectivity index is 1.69. The number of carbonyl (C=O) groups is 1. The van der Waals surface area contributed by atoms with E-state index in [2.05, 4.69) is 11.9 Å². The summed E-state index contributed by atoms with van der Waals surface area (Å²) in [7, 11) is 0.373. The molecule has 1 aromatic rings. The average molecular weight is 380 g/mol. The molecule has 0 aliphatic carbocycles. The molecule has 0 spiro atoms. The summed E-state index contributed by atoms with van der Waals surface area (Å²) in [5.74, 6) is -0.0764. The van der Waals surface area contributed by atoms with E-state index in [9.17, 15) is 13.2 Å². The van der Waals surface area contributed by atoms with Crippen molar-refractivity contribution in [1.82, 2.24) is 14.1 Å². The molecule has 3 rings (SSSR count). The predicted octanol–water partition coefficient (Wildman–Crippen LogP) is 1.65. The molecule has 0 radical (unpaired) electrons. The molecule has 0 saturated carbocycles. The zero-order valence-electron chi connectivity index (χ0n) is 15.7. The Bertz CT molecular complexity index is 715. The number of hydrogen-bond donors (Lipinski definition) is 0. The Morgan fingerprint density at radius 2 is 1.73 bits per heavy atom.